The van der Waals surface area contributed by atoms with Crippen molar-refractivity contribution in [2.45, 2.75) is 28.2 Å². The van der Waals surface area contributed by atoms with Crippen LogP contribution in [-0.2, 0) is 19.1 Å². The molecule has 0 aliphatic heterocycles. The molecule has 0 heterocycles. The van der Waals surface area contributed by atoms with Crippen molar-refractivity contribution in [1.82, 2.24) is 0 Å². The standard InChI is InChI=1S/C3H6O2.C3H6O.C2H6O.CH4/c1-3(4)5-2;1-3(2)4;1-3-2;/h1-2H3;1-2H3;1-2H3;1H4. The summed E-state index contributed by atoms with van der Waals surface area (Å²) in [6.45, 7) is 4.42. The zero-order chi connectivity index (χ0) is 10.6. The number of carbonyl (C=O) groups excluding carboxylic acids is 2. The van der Waals surface area contributed by atoms with Crippen molar-refractivity contribution in [2.24, 2.45) is 0 Å². The molecule has 0 aliphatic carbocycles. The first-order valence-corrected chi connectivity index (χ1v) is 3.34. The molecule has 0 aromatic carbocycles. The van der Waals surface area contributed by atoms with Crippen LogP contribution < -0.4 is 0 Å². The van der Waals surface area contributed by atoms with Crippen LogP contribution in [0.2, 0.25) is 0 Å². The monoisotopic (exact) mass is 194 g/mol. The zero-order valence-electron chi connectivity index (χ0n) is 8.63. The van der Waals surface area contributed by atoms with Gasteiger partial charge < -0.3 is 14.3 Å². The molecule has 4 heteroatoms. The van der Waals surface area contributed by atoms with E-state index in [-0.39, 0.29) is 19.2 Å². The zero-order valence-corrected chi connectivity index (χ0v) is 8.63. The van der Waals surface area contributed by atoms with E-state index < -0.39 is 0 Å². The van der Waals surface area contributed by atoms with Crippen LogP contribution in [0.4, 0.5) is 0 Å². The number of Topliss-reactive ketones (excluding diaryl/α,β-unsaturated/α-hetero) is 1. The first kappa shape index (κ1) is 22.7. The number of esters is 1. The largest absolute Gasteiger partial charge is 0.469 e. The van der Waals surface area contributed by atoms with E-state index in [9.17, 15) is 9.59 Å². The summed E-state index contributed by atoms with van der Waals surface area (Å²) in [5.74, 6) is -0.0787. The van der Waals surface area contributed by atoms with Crippen LogP contribution in [0.3, 0.4) is 0 Å². The van der Waals surface area contributed by atoms with E-state index in [1.807, 2.05) is 0 Å². The van der Waals surface area contributed by atoms with Crippen LogP contribution in [0.15, 0.2) is 0 Å². The third-order valence-electron chi connectivity index (χ3n) is 0.287. The fourth-order valence-corrected chi connectivity index (χ4v) is 0. The SMILES string of the molecule is C.CC(C)=O.COC.COC(C)=O. The van der Waals surface area contributed by atoms with Crippen molar-refractivity contribution in [3.8, 4) is 0 Å². The van der Waals surface area contributed by atoms with Gasteiger partial charge in [-0.3, -0.25) is 4.79 Å². The summed E-state index contributed by atoms with van der Waals surface area (Å²) in [5.41, 5.74) is 0. The minimum atomic E-state index is -0.245. The van der Waals surface area contributed by atoms with E-state index in [0.29, 0.717) is 0 Å². The van der Waals surface area contributed by atoms with Crippen LogP contribution in [0, 0.1) is 0 Å². The first-order valence-electron chi connectivity index (χ1n) is 3.34. The lowest BCUT2D eigenvalue weighted by Gasteiger charge is -1.80. The Morgan fingerprint density at radius 2 is 1.00 bits per heavy atom. The Hall–Kier alpha value is -0.900. The Labute approximate surface area is 81.2 Å². The molecule has 0 aromatic rings. The summed E-state index contributed by atoms with van der Waals surface area (Å²) < 4.78 is 8.36. The Balaban J connectivity index is -0.0000000465. The van der Waals surface area contributed by atoms with Gasteiger partial charge in [-0.2, -0.15) is 0 Å². The summed E-state index contributed by atoms with van der Waals surface area (Å²) >= 11 is 0. The number of ether oxygens (including phenoxy) is 2. The molecule has 82 valence electrons. The minimum absolute atomic E-state index is 0. The van der Waals surface area contributed by atoms with Crippen molar-refractivity contribution in [2.75, 3.05) is 21.3 Å². The molecule has 13 heavy (non-hydrogen) atoms. The molecule has 0 bridgehead atoms. The van der Waals surface area contributed by atoms with Crippen LogP contribution in [0.5, 0.6) is 0 Å². The van der Waals surface area contributed by atoms with Crippen molar-refractivity contribution >= 4 is 11.8 Å². The molecule has 0 aliphatic rings. The topological polar surface area (TPSA) is 52.6 Å². The summed E-state index contributed by atoms with van der Waals surface area (Å²) in [5, 5.41) is 0. The second-order valence-corrected chi connectivity index (χ2v) is 2.01. The van der Waals surface area contributed by atoms with Crippen molar-refractivity contribution < 1.29 is 19.1 Å². The van der Waals surface area contributed by atoms with Gasteiger partial charge in [-0.1, -0.05) is 7.43 Å². The summed E-state index contributed by atoms with van der Waals surface area (Å²) in [6, 6.07) is 0. The van der Waals surface area contributed by atoms with Crippen LogP contribution >= 0.6 is 0 Å². The molecular weight excluding hydrogens is 172 g/mol. The highest BCUT2D eigenvalue weighted by Gasteiger charge is 1.75. The molecule has 0 atom stereocenters. The summed E-state index contributed by atoms with van der Waals surface area (Å²) in [6.07, 6.45) is 0. The van der Waals surface area contributed by atoms with Gasteiger partial charge >= 0.3 is 5.97 Å². The third kappa shape index (κ3) is 760. The van der Waals surface area contributed by atoms with Gasteiger partial charge in [-0.15, -0.1) is 0 Å². The lowest BCUT2D eigenvalue weighted by molar-refractivity contribution is -0.137. The van der Waals surface area contributed by atoms with Crippen LogP contribution in [0.25, 0.3) is 0 Å². The van der Waals surface area contributed by atoms with Gasteiger partial charge in [0.25, 0.3) is 0 Å². The highest BCUT2D eigenvalue weighted by atomic mass is 16.5. The number of rotatable bonds is 0. The molecule has 0 spiro atoms. The van der Waals surface area contributed by atoms with Gasteiger partial charge in [0.1, 0.15) is 5.78 Å². The molecule has 0 radical (unpaired) electrons. The van der Waals surface area contributed by atoms with E-state index >= 15 is 0 Å². The highest BCUT2D eigenvalue weighted by Crippen LogP contribution is 1.60. The van der Waals surface area contributed by atoms with E-state index in [1.165, 1.54) is 27.9 Å². The van der Waals surface area contributed by atoms with Gasteiger partial charge in [0, 0.05) is 21.1 Å². The van der Waals surface area contributed by atoms with E-state index in [0.717, 1.165) is 0 Å². The van der Waals surface area contributed by atoms with Crippen molar-refractivity contribution in [1.29, 1.82) is 0 Å². The van der Waals surface area contributed by atoms with Crippen LogP contribution in [-0.4, -0.2) is 33.1 Å². The second kappa shape index (κ2) is 22.5. The number of ketones is 1. The van der Waals surface area contributed by atoms with Gasteiger partial charge in [-0.25, -0.2) is 0 Å². The molecule has 4 nitrogen and oxygen atoms in total. The van der Waals surface area contributed by atoms with Crippen LogP contribution in [0.1, 0.15) is 28.2 Å². The number of methoxy groups -OCH3 is 2. The van der Waals surface area contributed by atoms with E-state index in [1.54, 1.807) is 14.2 Å². The minimum Gasteiger partial charge on any atom is -0.469 e. The lowest BCUT2D eigenvalue weighted by Crippen LogP contribution is -1.88. The predicted octanol–water partition coefficient (Wildman–Crippen LogP) is 1.67. The summed E-state index contributed by atoms with van der Waals surface area (Å²) in [7, 11) is 4.60. The van der Waals surface area contributed by atoms with Crippen molar-refractivity contribution in [3.05, 3.63) is 0 Å². The predicted molar refractivity (Wildman–Crippen MR) is 53.7 cm³/mol. The number of hydrogen-bond donors (Lipinski definition) is 0. The maximum atomic E-state index is 9.59. The molecule has 0 N–H and O–H groups in total. The Morgan fingerprint density at radius 1 is 0.923 bits per heavy atom. The quantitative estimate of drug-likeness (QED) is 0.550. The molecule has 0 saturated heterocycles. The Morgan fingerprint density at radius 3 is 1.00 bits per heavy atom. The molecule has 0 unspecified atom stereocenters. The Kier molecular flexibility index (Phi) is 39.3. The third-order valence-corrected chi connectivity index (χ3v) is 0.287. The Bertz CT molecular complexity index is 106. The summed E-state index contributed by atoms with van der Waals surface area (Å²) in [4.78, 5) is 19.0. The van der Waals surface area contributed by atoms with Gasteiger partial charge in [-0.05, 0) is 13.8 Å². The van der Waals surface area contributed by atoms with Gasteiger partial charge in [0.15, 0.2) is 0 Å². The molecule has 0 fully saturated rings. The fraction of sp³-hybridized carbons (Fsp3) is 0.778. The van der Waals surface area contributed by atoms with Gasteiger partial charge in [0.05, 0.1) is 7.11 Å². The van der Waals surface area contributed by atoms with E-state index in [4.69, 9.17) is 0 Å². The average molecular weight is 194 g/mol. The highest BCUT2D eigenvalue weighted by molar-refractivity contribution is 5.72. The second-order valence-electron chi connectivity index (χ2n) is 2.01. The molecular formula is C9H22O4. The number of hydrogen-bond acceptors (Lipinski definition) is 4. The van der Waals surface area contributed by atoms with Gasteiger partial charge in [0.2, 0.25) is 0 Å². The smallest absolute Gasteiger partial charge is 0.302 e. The fourth-order valence-electron chi connectivity index (χ4n) is 0. The first-order chi connectivity index (χ1) is 5.42. The molecule has 0 rings (SSSR count). The molecule has 0 saturated carbocycles. The maximum Gasteiger partial charge on any atom is 0.302 e. The van der Waals surface area contributed by atoms with Crippen molar-refractivity contribution in [3.63, 3.8) is 0 Å². The van der Waals surface area contributed by atoms with E-state index in [2.05, 4.69) is 9.47 Å². The molecule has 0 amide bonds. The average Bonchev–Trinajstić information content (AvgIpc) is 1.88. The normalized spacial score (nSPS) is 6.00. The molecule has 0 aromatic heterocycles. The number of carbonyl (C=O) groups is 2. The lowest BCUT2D eigenvalue weighted by atomic mass is 10.6. The maximum absolute atomic E-state index is 9.59.